The van der Waals surface area contributed by atoms with E-state index in [-0.39, 0.29) is 5.91 Å². The first-order valence-electron chi connectivity index (χ1n) is 6.93. The van der Waals surface area contributed by atoms with Crippen molar-refractivity contribution in [2.75, 3.05) is 11.1 Å². The molecule has 0 atom stereocenters. The zero-order chi connectivity index (χ0) is 14.4. The highest BCUT2D eigenvalue weighted by Gasteiger charge is 2.27. The molecule has 6 heteroatoms. The second-order valence-corrected chi connectivity index (χ2v) is 5.39. The first-order chi connectivity index (χ1) is 10.2. The number of H-pyrrole nitrogens is 1. The van der Waals surface area contributed by atoms with Crippen LogP contribution in [-0.2, 0) is 0 Å². The van der Waals surface area contributed by atoms with Crippen molar-refractivity contribution in [3.05, 3.63) is 42.4 Å². The second-order valence-electron chi connectivity index (χ2n) is 5.39. The number of amides is 1. The standard InChI is InChI=1S/C15H15N5O/c16-9-6-14(20(8-9)10-4-5-10)15(21)18-12-2-1-3-13-11(12)7-17-19-13/h1-3,6-8,10H,4-5,16H2,(H,17,19)(H,18,21). The number of benzene rings is 1. The molecule has 0 bridgehead atoms. The third kappa shape index (κ3) is 2.05. The summed E-state index contributed by atoms with van der Waals surface area (Å²) in [5, 5.41) is 10.7. The average molecular weight is 281 g/mol. The Labute approximate surface area is 120 Å². The molecule has 2 aromatic heterocycles. The Morgan fingerprint density at radius 1 is 1.43 bits per heavy atom. The number of nitrogens with two attached hydrogens (primary N) is 1. The van der Waals surface area contributed by atoms with Crippen LogP contribution in [0.1, 0.15) is 29.4 Å². The third-order valence-electron chi connectivity index (χ3n) is 3.78. The number of fused-ring (bicyclic) bond motifs is 1. The Morgan fingerprint density at radius 2 is 2.29 bits per heavy atom. The third-order valence-corrected chi connectivity index (χ3v) is 3.78. The lowest BCUT2D eigenvalue weighted by atomic mass is 10.2. The minimum atomic E-state index is -0.146. The fraction of sp³-hybridized carbons (Fsp3) is 0.200. The van der Waals surface area contributed by atoms with Crippen molar-refractivity contribution in [2.24, 2.45) is 0 Å². The molecule has 0 saturated heterocycles. The van der Waals surface area contributed by atoms with E-state index in [2.05, 4.69) is 15.5 Å². The van der Waals surface area contributed by atoms with Crippen LogP contribution in [0.5, 0.6) is 0 Å². The molecule has 1 fully saturated rings. The van der Waals surface area contributed by atoms with E-state index in [1.54, 1.807) is 12.3 Å². The number of carbonyl (C=O) groups is 1. The lowest BCUT2D eigenvalue weighted by Gasteiger charge is -2.09. The van der Waals surface area contributed by atoms with Gasteiger partial charge in [0.25, 0.3) is 5.91 Å². The molecule has 1 aliphatic rings. The fourth-order valence-corrected chi connectivity index (χ4v) is 2.60. The highest BCUT2D eigenvalue weighted by Crippen LogP contribution is 2.37. The molecule has 106 valence electrons. The first kappa shape index (κ1) is 12.0. The number of aromatic nitrogens is 3. The summed E-state index contributed by atoms with van der Waals surface area (Å²) in [6.45, 7) is 0. The Morgan fingerprint density at radius 3 is 3.10 bits per heavy atom. The van der Waals surface area contributed by atoms with Gasteiger partial charge in [-0.15, -0.1) is 0 Å². The van der Waals surface area contributed by atoms with Gasteiger partial charge in [0.15, 0.2) is 0 Å². The summed E-state index contributed by atoms with van der Waals surface area (Å²) in [5.74, 6) is -0.146. The summed E-state index contributed by atoms with van der Waals surface area (Å²) in [7, 11) is 0. The van der Waals surface area contributed by atoms with Crippen LogP contribution in [0.3, 0.4) is 0 Å². The van der Waals surface area contributed by atoms with Crippen LogP contribution in [0.15, 0.2) is 36.7 Å². The Kier molecular flexibility index (Phi) is 2.50. The van der Waals surface area contributed by atoms with Crippen LogP contribution >= 0.6 is 0 Å². The van der Waals surface area contributed by atoms with Gasteiger partial charge in [-0.1, -0.05) is 6.07 Å². The van der Waals surface area contributed by atoms with E-state index in [0.717, 1.165) is 29.4 Å². The Balaban J connectivity index is 1.68. The van der Waals surface area contributed by atoms with E-state index in [4.69, 9.17) is 5.73 Å². The summed E-state index contributed by atoms with van der Waals surface area (Å²) in [6, 6.07) is 7.80. The van der Waals surface area contributed by atoms with E-state index >= 15 is 0 Å². The summed E-state index contributed by atoms with van der Waals surface area (Å²) < 4.78 is 1.97. The predicted molar refractivity (Wildman–Crippen MR) is 81.2 cm³/mol. The molecule has 6 nitrogen and oxygen atoms in total. The number of nitrogens with zero attached hydrogens (tertiary/aromatic N) is 2. The topological polar surface area (TPSA) is 88.7 Å². The van der Waals surface area contributed by atoms with Crippen LogP contribution in [0, 0.1) is 0 Å². The van der Waals surface area contributed by atoms with Crippen molar-refractivity contribution >= 4 is 28.2 Å². The van der Waals surface area contributed by atoms with Crippen molar-refractivity contribution in [3.8, 4) is 0 Å². The van der Waals surface area contributed by atoms with E-state index in [1.807, 2.05) is 29.0 Å². The minimum absolute atomic E-state index is 0.146. The molecule has 1 aliphatic carbocycles. The largest absolute Gasteiger partial charge is 0.397 e. The van der Waals surface area contributed by atoms with E-state index in [0.29, 0.717) is 17.4 Å². The molecule has 2 heterocycles. The van der Waals surface area contributed by atoms with Crippen LogP contribution in [0.4, 0.5) is 11.4 Å². The molecule has 1 aromatic carbocycles. The molecule has 1 saturated carbocycles. The van der Waals surface area contributed by atoms with E-state index in [9.17, 15) is 4.79 Å². The van der Waals surface area contributed by atoms with Gasteiger partial charge in [-0.3, -0.25) is 9.89 Å². The number of rotatable bonds is 3. The lowest BCUT2D eigenvalue weighted by molar-refractivity contribution is 0.101. The van der Waals surface area contributed by atoms with Gasteiger partial charge in [0, 0.05) is 17.6 Å². The van der Waals surface area contributed by atoms with Crippen molar-refractivity contribution in [2.45, 2.75) is 18.9 Å². The van der Waals surface area contributed by atoms with Gasteiger partial charge >= 0.3 is 0 Å². The molecule has 0 unspecified atom stereocenters. The molecule has 1 amide bonds. The highest BCUT2D eigenvalue weighted by atomic mass is 16.2. The van der Waals surface area contributed by atoms with Gasteiger partial charge in [-0.05, 0) is 31.0 Å². The molecule has 0 spiro atoms. The van der Waals surface area contributed by atoms with Crippen molar-refractivity contribution < 1.29 is 4.79 Å². The fourth-order valence-electron chi connectivity index (χ4n) is 2.60. The molecular formula is C15H15N5O. The number of hydrogen-bond donors (Lipinski definition) is 3. The summed E-state index contributed by atoms with van der Waals surface area (Å²) in [6.07, 6.45) is 5.75. The van der Waals surface area contributed by atoms with Gasteiger partial charge in [0.05, 0.1) is 23.1 Å². The lowest BCUT2D eigenvalue weighted by Crippen LogP contribution is -2.16. The average Bonchev–Trinajstić information content (AvgIpc) is 3.06. The number of nitrogen functional groups attached to an aromatic ring is 1. The zero-order valence-corrected chi connectivity index (χ0v) is 11.3. The maximum absolute atomic E-state index is 12.5. The maximum atomic E-state index is 12.5. The quantitative estimate of drug-likeness (QED) is 0.689. The first-order valence-corrected chi connectivity index (χ1v) is 6.93. The smallest absolute Gasteiger partial charge is 0.272 e. The van der Waals surface area contributed by atoms with Crippen molar-refractivity contribution in [3.63, 3.8) is 0 Å². The van der Waals surface area contributed by atoms with Crippen molar-refractivity contribution in [1.82, 2.24) is 14.8 Å². The Hall–Kier alpha value is -2.76. The molecular weight excluding hydrogens is 266 g/mol. The molecule has 4 rings (SSSR count). The highest BCUT2D eigenvalue weighted by molar-refractivity contribution is 6.08. The van der Waals surface area contributed by atoms with Gasteiger partial charge in [0.2, 0.25) is 0 Å². The van der Waals surface area contributed by atoms with E-state index < -0.39 is 0 Å². The SMILES string of the molecule is Nc1cc(C(=O)Nc2cccc3[nH]ncc23)n(C2CC2)c1. The monoisotopic (exact) mass is 281 g/mol. The van der Waals surface area contributed by atoms with Gasteiger partial charge in [-0.25, -0.2) is 0 Å². The van der Waals surface area contributed by atoms with Crippen LogP contribution in [-0.4, -0.2) is 20.7 Å². The normalized spacial score (nSPS) is 14.5. The number of hydrogen-bond acceptors (Lipinski definition) is 3. The Bertz CT molecular complexity index is 828. The summed E-state index contributed by atoms with van der Waals surface area (Å²) >= 11 is 0. The molecule has 3 aromatic rings. The zero-order valence-electron chi connectivity index (χ0n) is 11.3. The van der Waals surface area contributed by atoms with Gasteiger partial charge < -0.3 is 15.6 Å². The van der Waals surface area contributed by atoms with Gasteiger partial charge in [0.1, 0.15) is 5.69 Å². The molecule has 0 aliphatic heterocycles. The van der Waals surface area contributed by atoms with E-state index in [1.165, 1.54) is 0 Å². The minimum Gasteiger partial charge on any atom is -0.397 e. The van der Waals surface area contributed by atoms with Crippen molar-refractivity contribution in [1.29, 1.82) is 0 Å². The number of nitrogens with one attached hydrogen (secondary N) is 2. The molecule has 4 N–H and O–H groups in total. The summed E-state index contributed by atoms with van der Waals surface area (Å²) in [5.41, 5.74) is 8.70. The second kappa shape index (κ2) is 4.37. The number of anilines is 2. The summed E-state index contributed by atoms with van der Waals surface area (Å²) in [4.78, 5) is 12.5. The molecule has 0 radical (unpaired) electrons. The van der Waals surface area contributed by atoms with Crippen LogP contribution < -0.4 is 11.1 Å². The van der Waals surface area contributed by atoms with Gasteiger partial charge in [-0.2, -0.15) is 5.10 Å². The van der Waals surface area contributed by atoms with Crippen LogP contribution in [0.25, 0.3) is 10.9 Å². The maximum Gasteiger partial charge on any atom is 0.272 e. The number of aromatic amines is 1. The molecule has 21 heavy (non-hydrogen) atoms. The predicted octanol–water partition coefficient (Wildman–Crippen LogP) is 2.53. The van der Waals surface area contributed by atoms with Crippen LogP contribution in [0.2, 0.25) is 0 Å². The number of carbonyl (C=O) groups excluding carboxylic acids is 1.